The molecule has 1 aliphatic heterocycles. The van der Waals surface area contributed by atoms with E-state index in [2.05, 4.69) is 17.2 Å². The van der Waals surface area contributed by atoms with E-state index in [4.69, 9.17) is 4.74 Å². The van der Waals surface area contributed by atoms with Crippen LogP contribution in [0.4, 0.5) is 4.79 Å². The molecule has 1 heterocycles. The summed E-state index contributed by atoms with van der Waals surface area (Å²) in [6.07, 6.45) is 0.733. The van der Waals surface area contributed by atoms with Crippen molar-refractivity contribution >= 4 is 12.0 Å². The maximum absolute atomic E-state index is 10.8. The van der Waals surface area contributed by atoms with Crippen LogP contribution in [0.5, 0.6) is 0 Å². The second-order valence-electron chi connectivity index (χ2n) is 3.18. The van der Waals surface area contributed by atoms with Gasteiger partial charge in [-0.25, -0.2) is 4.79 Å². The number of amides is 2. The topological polar surface area (TPSA) is 67.4 Å². The molecule has 0 bridgehead atoms. The second-order valence-corrected chi connectivity index (χ2v) is 3.18. The quantitative estimate of drug-likeness (QED) is 0.596. The van der Waals surface area contributed by atoms with Crippen LogP contribution < -0.4 is 10.6 Å². The molecule has 5 nitrogen and oxygen atoms in total. The maximum atomic E-state index is 10.8. The molecule has 1 atom stereocenters. The van der Waals surface area contributed by atoms with Gasteiger partial charge in [-0.05, 0) is 13.0 Å². The minimum absolute atomic E-state index is 0.262. The summed E-state index contributed by atoms with van der Waals surface area (Å²) >= 11 is 0. The minimum atomic E-state index is -0.504. The summed E-state index contributed by atoms with van der Waals surface area (Å²) in [6.45, 7) is 5.71. The summed E-state index contributed by atoms with van der Waals surface area (Å²) in [7, 11) is 0. The average molecular weight is 184 g/mol. The molecule has 1 aliphatic rings. The van der Waals surface area contributed by atoms with E-state index < -0.39 is 11.6 Å². The number of nitrogens with one attached hydrogen (secondary N) is 2. The lowest BCUT2D eigenvalue weighted by molar-refractivity contribution is -0.116. The van der Waals surface area contributed by atoms with Crippen LogP contribution in [0.1, 0.15) is 6.92 Å². The average Bonchev–Trinajstić information content (AvgIpc) is 2.43. The fourth-order valence-electron chi connectivity index (χ4n) is 0.993. The van der Waals surface area contributed by atoms with Crippen LogP contribution in [0.2, 0.25) is 0 Å². The molecule has 2 N–H and O–H groups in total. The Morgan fingerprint density at radius 3 is 3.08 bits per heavy atom. The van der Waals surface area contributed by atoms with Crippen molar-refractivity contribution < 1.29 is 14.3 Å². The van der Waals surface area contributed by atoms with Crippen molar-refractivity contribution in [3.8, 4) is 0 Å². The van der Waals surface area contributed by atoms with Gasteiger partial charge in [0.2, 0.25) is 5.91 Å². The smallest absolute Gasteiger partial charge is 0.407 e. The zero-order valence-corrected chi connectivity index (χ0v) is 7.42. The van der Waals surface area contributed by atoms with Crippen LogP contribution in [0.15, 0.2) is 12.7 Å². The number of ether oxygens (including phenoxy) is 1. The molecule has 0 spiro atoms. The number of carbonyl (C=O) groups excluding carboxylic acids is 2. The van der Waals surface area contributed by atoms with Crippen LogP contribution in [0.3, 0.4) is 0 Å². The zero-order valence-electron chi connectivity index (χ0n) is 7.42. The second kappa shape index (κ2) is 3.47. The summed E-state index contributed by atoms with van der Waals surface area (Å²) in [5, 5.41) is 5.18. The number of rotatable bonds is 3. The van der Waals surface area contributed by atoms with E-state index in [1.165, 1.54) is 6.08 Å². The van der Waals surface area contributed by atoms with Crippen LogP contribution >= 0.6 is 0 Å². The van der Waals surface area contributed by atoms with Gasteiger partial charge in [0, 0.05) is 6.54 Å². The highest BCUT2D eigenvalue weighted by Gasteiger charge is 2.34. The predicted molar refractivity (Wildman–Crippen MR) is 46.1 cm³/mol. The Morgan fingerprint density at radius 1 is 1.92 bits per heavy atom. The van der Waals surface area contributed by atoms with Crippen LogP contribution in [0.25, 0.3) is 0 Å². The molecule has 0 aromatic heterocycles. The maximum Gasteiger partial charge on any atom is 0.407 e. The van der Waals surface area contributed by atoms with Gasteiger partial charge in [0.15, 0.2) is 0 Å². The summed E-state index contributed by atoms with van der Waals surface area (Å²) < 4.78 is 4.71. The van der Waals surface area contributed by atoms with Gasteiger partial charge in [-0.3, -0.25) is 4.79 Å². The van der Waals surface area contributed by atoms with Crippen molar-refractivity contribution in [2.75, 3.05) is 13.2 Å². The highest BCUT2D eigenvalue weighted by molar-refractivity contribution is 5.87. The molecular weight excluding hydrogens is 172 g/mol. The van der Waals surface area contributed by atoms with Gasteiger partial charge in [-0.1, -0.05) is 6.58 Å². The lowest BCUT2D eigenvalue weighted by Gasteiger charge is -2.20. The van der Waals surface area contributed by atoms with Gasteiger partial charge in [0.1, 0.15) is 6.61 Å². The molecule has 0 aliphatic carbocycles. The van der Waals surface area contributed by atoms with Gasteiger partial charge < -0.3 is 15.4 Å². The largest absolute Gasteiger partial charge is 0.447 e. The van der Waals surface area contributed by atoms with Crippen molar-refractivity contribution in [2.24, 2.45) is 0 Å². The normalized spacial score (nSPS) is 26.1. The van der Waals surface area contributed by atoms with E-state index >= 15 is 0 Å². The first kappa shape index (κ1) is 9.57. The monoisotopic (exact) mass is 184 g/mol. The summed E-state index contributed by atoms with van der Waals surface area (Å²) in [5.41, 5.74) is -0.504. The first-order valence-electron chi connectivity index (χ1n) is 3.91. The molecule has 0 aromatic carbocycles. The van der Waals surface area contributed by atoms with Crippen LogP contribution in [0, 0.1) is 0 Å². The lowest BCUT2D eigenvalue weighted by Crippen LogP contribution is -2.49. The molecule has 0 radical (unpaired) electrons. The number of alkyl carbamates (subject to hydrolysis) is 1. The van der Waals surface area contributed by atoms with E-state index in [1.54, 1.807) is 6.92 Å². The summed E-state index contributed by atoms with van der Waals surface area (Å²) in [6, 6.07) is 0. The number of cyclic esters (lactones) is 1. The number of carbonyl (C=O) groups is 2. The Balaban J connectivity index is 2.40. The Bertz CT molecular complexity index is 252. The molecule has 0 saturated carbocycles. The SMILES string of the molecule is C=CC(=O)NCC1(C)COC(=O)N1. The standard InChI is InChI=1S/C8H12N2O3/c1-3-6(11)9-4-8(2)5-13-7(12)10-8/h3H,1,4-5H2,2H3,(H,9,11)(H,10,12). The summed E-state index contributed by atoms with van der Waals surface area (Å²) in [5.74, 6) is -0.262. The fraction of sp³-hybridized carbons (Fsp3) is 0.500. The van der Waals surface area contributed by atoms with Crippen molar-refractivity contribution in [1.29, 1.82) is 0 Å². The van der Waals surface area contributed by atoms with E-state index in [9.17, 15) is 9.59 Å². The zero-order chi connectivity index (χ0) is 9.90. The molecule has 2 amide bonds. The minimum Gasteiger partial charge on any atom is -0.447 e. The first-order valence-corrected chi connectivity index (χ1v) is 3.91. The van der Waals surface area contributed by atoms with Crippen molar-refractivity contribution in [3.05, 3.63) is 12.7 Å². The van der Waals surface area contributed by atoms with E-state index in [1.807, 2.05) is 0 Å². The van der Waals surface area contributed by atoms with Crippen molar-refractivity contribution in [3.63, 3.8) is 0 Å². The van der Waals surface area contributed by atoms with Crippen LogP contribution in [-0.4, -0.2) is 30.7 Å². The van der Waals surface area contributed by atoms with Crippen LogP contribution in [-0.2, 0) is 9.53 Å². The fourth-order valence-corrected chi connectivity index (χ4v) is 0.993. The van der Waals surface area contributed by atoms with E-state index in [-0.39, 0.29) is 12.5 Å². The lowest BCUT2D eigenvalue weighted by atomic mass is 10.1. The molecule has 1 unspecified atom stereocenters. The third kappa shape index (κ3) is 2.47. The Morgan fingerprint density at radius 2 is 2.62 bits per heavy atom. The number of hydrogen-bond acceptors (Lipinski definition) is 3. The molecular formula is C8H12N2O3. The molecule has 72 valence electrons. The highest BCUT2D eigenvalue weighted by atomic mass is 16.6. The summed E-state index contributed by atoms with van der Waals surface area (Å²) in [4.78, 5) is 21.5. The first-order chi connectivity index (χ1) is 6.06. The van der Waals surface area contributed by atoms with Gasteiger partial charge in [0.25, 0.3) is 0 Å². The Hall–Kier alpha value is -1.52. The Kier molecular flexibility index (Phi) is 2.55. The third-order valence-corrected chi connectivity index (χ3v) is 1.76. The third-order valence-electron chi connectivity index (χ3n) is 1.76. The van der Waals surface area contributed by atoms with E-state index in [0.29, 0.717) is 6.54 Å². The highest BCUT2D eigenvalue weighted by Crippen LogP contribution is 2.10. The van der Waals surface area contributed by atoms with E-state index in [0.717, 1.165) is 0 Å². The van der Waals surface area contributed by atoms with Crippen molar-refractivity contribution in [2.45, 2.75) is 12.5 Å². The van der Waals surface area contributed by atoms with Crippen molar-refractivity contribution in [1.82, 2.24) is 10.6 Å². The molecule has 1 fully saturated rings. The Labute approximate surface area is 76.1 Å². The molecule has 5 heteroatoms. The molecule has 1 saturated heterocycles. The predicted octanol–water partition coefficient (Wildman–Crippen LogP) is -0.213. The van der Waals surface area contributed by atoms with Gasteiger partial charge >= 0.3 is 6.09 Å². The van der Waals surface area contributed by atoms with Gasteiger partial charge in [0.05, 0.1) is 5.54 Å². The molecule has 0 aromatic rings. The van der Waals surface area contributed by atoms with Gasteiger partial charge in [-0.2, -0.15) is 0 Å². The molecule has 13 heavy (non-hydrogen) atoms. The molecule has 1 rings (SSSR count). The van der Waals surface area contributed by atoms with Gasteiger partial charge in [-0.15, -0.1) is 0 Å². The number of hydrogen-bond donors (Lipinski definition) is 2.